The molecule has 0 aliphatic carbocycles. The molecular weight excluding hydrogens is 1180 g/mol. The Bertz CT molecular complexity index is 4500. The van der Waals surface area contributed by atoms with E-state index in [-0.39, 0.29) is 66.5 Å². The fourth-order valence-corrected chi connectivity index (χ4v) is 10.9. The van der Waals surface area contributed by atoms with Crippen LogP contribution >= 0.6 is 0 Å². The summed E-state index contributed by atoms with van der Waals surface area (Å²) in [5.41, 5.74) is 14.7. The summed E-state index contributed by atoms with van der Waals surface area (Å²) in [6, 6.07) is 71.6. The van der Waals surface area contributed by atoms with E-state index in [4.69, 9.17) is 17.9 Å². The molecular formula is C76H71N4OPt-3. The molecule has 1 aliphatic heterocycles. The molecule has 414 valence electrons. The van der Waals surface area contributed by atoms with Gasteiger partial charge in [0.05, 0.1) is 2.74 Å². The molecule has 0 saturated carbocycles. The SMILES string of the molecule is [2H]c1nc(-n2c3[c-]c(Oc4[c-]c(N5[CH-]N(c6c(-c7ccccc7)cc(C(C)(C)C)cc6-c6cc(C(C)(C)C)cc(C(C)(C)C)c6)c6ccccc65)ccc4)ccc3c3cc(-c4ccccc4)ccc32)c([2H])c(CC([2H])(C([2H])([2H])[2H])C([2H])([2H])[2H])c1-c1ccccc1.[Pt]. The Morgan fingerprint density at radius 2 is 1.10 bits per heavy atom. The van der Waals surface area contributed by atoms with Crippen LogP contribution in [0.4, 0.5) is 22.7 Å². The molecule has 0 atom stereocenters. The van der Waals surface area contributed by atoms with E-state index < -0.39 is 26.0 Å². The van der Waals surface area contributed by atoms with Crippen LogP contribution in [-0.2, 0) is 43.7 Å². The van der Waals surface area contributed by atoms with Crippen LogP contribution < -0.4 is 14.5 Å². The molecule has 9 aromatic carbocycles. The summed E-state index contributed by atoms with van der Waals surface area (Å²) in [4.78, 5) is 9.26. The van der Waals surface area contributed by atoms with E-state index in [1.54, 1.807) is 34.9 Å². The van der Waals surface area contributed by atoms with Crippen molar-refractivity contribution < 1.29 is 38.1 Å². The number of para-hydroxylation sites is 2. The van der Waals surface area contributed by atoms with Crippen LogP contribution in [0.3, 0.4) is 0 Å². The van der Waals surface area contributed by atoms with Gasteiger partial charge in [0, 0.05) is 87.6 Å². The third kappa shape index (κ3) is 11.0. The third-order valence-electron chi connectivity index (χ3n) is 15.4. The molecule has 0 amide bonds. The minimum atomic E-state index is -3.31. The number of hydrogen-bond acceptors (Lipinski definition) is 4. The zero-order valence-electron chi connectivity index (χ0n) is 56.8. The summed E-state index contributed by atoms with van der Waals surface area (Å²) in [5, 5.41) is 1.47. The Morgan fingerprint density at radius 3 is 1.72 bits per heavy atom. The van der Waals surface area contributed by atoms with E-state index in [2.05, 4.69) is 170 Å². The maximum atomic E-state index is 10.0. The van der Waals surface area contributed by atoms with E-state index in [1.165, 1.54) is 16.7 Å². The van der Waals surface area contributed by atoms with E-state index in [9.17, 15) is 4.11 Å². The predicted octanol–water partition coefficient (Wildman–Crippen LogP) is 20.7. The summed E-state index contributed by atoms with van der Waals surface area (Å²) in [7, 11) is 0. The second kappa shape index (κ2) is 22.1. The molecule has 2 aromatic heterocycles. The van der Waals surface area contributed by atoms with Crippen LogP contribution in [0.2, 0.25) is 0 Å². The van der Waals surface area contributed by atoms with Gasteiger partial charge in [-0.3, -0.25) is 0 Å². The van der Waals surface area contributed by atoms with Gasteiger partial charge < -0.3 is 19.1 Å². The van der Waals surface area contributed by atoms with E-state index in [1.807, 2.05) is 84.9 Å². The molecule has 82 heavy (non-hydrogen) atoms. The van der Waals surface area contributed by atoms with Gasteiger partial charge in [-0.25, -0.2) is 4.98 Å². The van der Waals surface area contributed by atoms with Crippen LogP contribution in [0, 0.1) is 24.7 Å². The number of nitrogens with zero attached hydrogens (tertiary/aromatic N) is 4. The van der Waals surface area contributed by atoms with Gasteiger partial charge in [0.1, 0.15) is 5.82 Å². The minimum Gasteiger partial charge on any atom is -0.509 e. The van der Waals surface area contributed by atoms with Gasteiger partial charge in [-0.15, -0.1) is 48.1 Å². The van der Waals surface area contributed by atoms with E-state index in [0.29, 0.717) is 39.2 Å². The second-order valence-electron chi connectivity index (χ2n) is 24.2. The predicted molar refractivity (Wildman–Crippen MR) is 341 cm³/mol. The summed E-state index contributed by atoms with van der Waals surface area (Å²) in [6.45, 7) is 16.0. The van der Waals surface area contributed by atoms with Crippen LogP contribution in [0.25, 0.3) is 72.1 Å². The molecule has 3 heterocycles. The standard InChI is InChI=1S/C76H71N4O.Pt/c1-50(2)38-55-42-72(77-48-67(55)53-28-19-14-20-29-53)80-68-37-34-54(51-24-15-12-16-25-51)41-66(68)63-36-35-62(47-71(63)80)81-61-31-23-30-60(46-61)78-49-79(70-33-22-21-32-69(70)78)73-64(52-26-17-13-18-27-52)44-59(76(9,10)11)45-65(73)56-39-57(74(3,4)5)43-58(40-56)75(6,7)8;/h12-37,39-45,48-50H,38H2,1-11H3;/q-3;/i1D3,2D3,42D,48D,50D;. The number of hydrogen-bond donors (Lipinski definition) is 0. The molecule has 0 unspecified atom stereocenters. The quantitative estimate of drug-likeness (QED) is 0.121. The molecule has 6 heteroatoms. The molecule has 0 bridgehead atoms. The number of ether oxygens (including phenoxy) is 1. The van der Waals surface area contributed by atoms with Gasteiger partial charge in [0.2, 0.25) is 0 Å². The average Bonchev–Trinajstić information content (AvgIpc) is 1.63. The number of pyridine rings is 1. The van der Waals surface area contributed by atoms with Gasteiger partial charge in [-0.2, -0.15) is 12.1 Å². The van der Waals surface area contributed by atoms with Gasteiger partial charge in [-0.1, -0.05) is 215 Å². The van der Waals surface area contributed by atoms with Crippen LogP contribution in [-0.4, -0.2) is 9.55 Å². The topological polar surface area (TPSA) is 33.5 Å². The van der Waals surface area contributed by atoms with Crippen LogP contribution in [0.1, 0.15) is 111 Å². The first-order chi connectivity index (χ1) is 42.5. The molecule has 0 saturated heterocycles. The number of anilines is 4. The Labute approximate surface area is 513 Å². The molecule has 0 spiro atoms. The van der Waals surface area contributed by atoms with Gasteiger partial charge in [-0.05, 0) is 120 Å². The Hall–Kier alpha value is -7.98. The fourth-order valence-electron chi connectivity index (χ4n) is 10.9. The Balaban J connectivity index is 0.00000850. The van der Waals surface area contributed by atoms with Crippen molar-refractivity contribution in [3.05, 3.63) is 247 Å². The Morgan fingerprint density at radius 1 is 0.537 bits per heavy atom. The maximum Gasteiger partial charge on any atom is 0.135 e. The number of fused-ring (bicyclic) bond motifs is 4. The first-order valence-electron chi connectivity index (χ1n) is 32.2. The fraction of sp³-hybridized carbons (Fsp3) is 0.211. The summed E-state index contributed by atoms with van der Waals surface area (Å²) < 4.78 is 87.8. The van der Waals surface area contributed by atoms with Crippen LogP contribution in [0.15, 0.2) is 206 Å². The molecule has 12 rings (SSSR count). The summed E-state index contributed by atoms with van der Waals surface area (Å²) >= 11 is 0. The zero-order chi connectivity index (χ0) is 64.0. The average molecular weight is 1260 g/mol. The van der Waals surface area contributed by atoms with Gasteiger partial charge in [0.15, 0.2) is 0 Å². The van der Waals surface area contributed by atoms with Crippen molar-refractivity contribution in [2.45, 2.75) is 98.7 Å². The first-order valence-corrected chi connectivity index (χ1v) is 27.7. The second-order valence-corrected chi connectivity index (χ2v) is 24.2. The minimum absolute atomic E-state index is 0. The Kier molecular flexibility index (Phi) is 12.3. The third-order valence-corrected chi connectivity index (χ3v) is 15.4. The number of benzene rings is 9. The smallest absolute Gasteiger partial charge is 0.135 e. The van der Waals surface area contributed by atoms with Crippen LogP contribution in [0.5, 0.6) is 11.5 Å². The molecule has 0 radical (unpaired) electrons. The molecule has 1 aliphatic rings. The summed E-state index contributed by atoms with van der Waals surface area (Å²) in [5.74, 6) is -2.44. The largest absolute Gasteiger partial charge is 0.509 e. The van der Waals surface area contributed by atoms with E-state index >= 15 is 0 Å². The molecule has 5 nitrogen and oxygen atoms in total. The van der Waals surface area contributed by atoms with Crippen molar-refractivity contribution >= 4 is 44.6 Å². The maximum absolute atomic E-state index is 10.0. The first kappa shape index (κ1) is 45.6. The zero-order valence-corrected chi connectivity index (χ0v) is 50.0. The number of aromatic nitrogens is 2. The molecule has 11 aromatic rings. The molecule has 0 fully saturated rings. The normalized spacial score (nSPS) is 14.8. The van der Waals surface area contributed by atoms with Crippen molar-refractivity contribution in [1.29, 1.82) is 0 Å². The molecule has 0 N–H and O–H groups in total. The van der Waals surface area contributed by atoms with Crippen molar-refractivity contribution in [2.24, 2.45) is 5.89 Å². The van der Waals surface area contributed by atoms with Gasteiger partial charge in [0.25, 0.3) is 0 Å². The van der Waals surface area contributed by atoms with Crippen molar-refractivity contribution in [3.8, 4) is 61.8 Å². The van der Waals surface area contributed by atoms with Gasteiger partial charge >= 0.3 is 0 Å². The van der Waals surface area contributed by atoms with Crippen molar-refractivity contribution in [1.82, 2.24) is 9.55 Å². The van der Waals surface area contributed by atoms with Crippen molar-refractivity contribution in [3.63, 3.8) is 0 Å². The number of rotatable bonds is 11. The summed E-state index contributed by atoms with van der Waals surface area (Å²) in [6.07, 6.45) is -1.23. The van der Waals surface area contributed by atoms with Crippen molar-refractivity contribution in [2.75, 3.05) is 9.80 Å². The van der Waals surface area contributed by atoms with E-state index in [0.717, 1.165) is 55.8 Å². The monoisotopic (exact) mass is 1260 g/mol.